The third-order valence-corrected chi connectivity index (χ3v) is 7.01. The van der Waals surface area contributed by atoms with E-state index in [2.05, 4.69) is 5.32 Å². The van der Waals surface area contributed by atoms with Crippen molar-refractivity contribution in [1.82, 2.24) is 5.32 Å². The van der Waals surface area contributed by atoms with Crippen molar-refractivity contribution < 1.29 is 34.1 Å². The monoisotopic (exact) mass is 504 g/mol. The van der Waals surface area contributed by atoms with E-state index in [0.29, 0.717) is 0 Å². The Morgan fingerprint density at radius 3 is 2.35 bits per heavy atom. The summed E-state index contributed by atoms with van der Waals surface area (Å²) in [5, 5.41) is 24.3. The lowest BCUT2D eigenvalue weighted by atomic mass is 9.70. The highest BCUT2D eigenvalue weighted by atomic mass is 16.5. The Bertz CT molecular complexity index is 1420. The molecule has 1 amide bonds. The lowest BCUT2D eigenvalue weighted by molar-refractivity contribution is -0.123. The first-order chi connectivity index (χ1) is 17.4. The van der Waals surface area contributed by atoms with Crippen molar-refractivity contribution in [3.63, 3.8) is 0 Å². The summed E-state index contributed by atoms with van der Waals surface area (Å²) in [7, 11) is 1.67. The van der Waals surface area contributed by atoms with E-state index in [1.54, 1.807) is 14.0 Å². The van der Waals surface area contributed by atoms with Crippen LogP contribution < -0.4 is 15.0 Å². The molecule has 192 valence electrons. The van der Waals surface area contributed by atoms with E-state index in [0.717, 1.165) is 11.8 Å². The molecule has 1 heterocycles. The van der Waals surface area contributed by atoms with E-state index in [1.165, 1.54) is 25.7 Å². The van der Waals surface area contributed by atoms with Gasteiger partial charge in [-0.3, -0.25) is 19.2 Å². The summed E-state index contributed by atoms with van der Waals surface area (Å²) in [6, 6.07) is 9.16. The van der Waals surface area contributed by atoms with Crippen LogP contribution in [0.25, 0.3) is 0 Å². The summed E-state index contributed by atoms with van der Waals surface area (Å²) in [4.78, 5) is 53.2. The maximum absolute atomic E-state index is 13.8. The number of amides is 1. The number of Topliss-reactive ketones (excluding diaryl/α,β-unsaturated/α-hetero) is 2. The fourth-order valence-electron chi connectivity index (χ4n) is 4.77. The highest BCUT2D eigenvalue weighted by molar-refractivity contribution is 6.31. The maximum atomic E-state index is 13.8. The van der Waals surface area contributed by atoms with E-state index in [9.17, 15) is 29.4 Å². The molecule has 3 N–H and O–H groups in total. The van der Waals surface area contributed by atoms with Gasteiger partial charge in [0.15, 0.2) is 17.3 Å². The molecule has 4 rings (SSSR count). The normalized spacial score (nSPS) is 19.4. The van der Waals surface area contributed by atoms with E-state index >= 15 is 0 Å². The third kappa shape index (κ3) is 3.96. The zero-order chi connectivity index (χ0) is 27.2. The minimum Gasteiger partial charge on any atom is -0.507 e. The Hall–Kier alpha value is -4.40. The molecule has 37 heavy (non-hydrogen) atoms. The van der Waals surface area contributed by atoms with E-state index in [4.69, 9.17) is 4.74 Å². The second-order valence-corrected chi connectivity index (χ2v) is 9.35. The number of aromatic hydroxyl groups is 2. The van der Waals surface area contributed by atoms with Crippen molar-refractivity contribution >= 4 is 28.9 Å². The molecule has 2 aromatic carbocycles. The smallest absolute Gasteiger partial charge is 0.228 e. The molecule has 0 saturated heterocycles. The molecule has 2 aromatic rings. The Balaban J connectivity index is 1.64. The fraction of sp³-hybridized carbons (Fsp3) is 0.286. The SMILES string of the molecule is CC(=O)c1c(O)c(C)c(O)c2c1OC1=CC(=O)/C(=C(/C)NCCC(=O)N(C)c3ccccc3)C(=O)[C@@]12C. The average Bonchev–Trinajstić information content (AvgIpc) is 3.15. The van der Waals surface area contributed by atoms with Gasteiger partial charge < -0.3 is 25.2 Å². The quantitative estimate of drug-likeness (QED) is 0.310. The van der Waals surface area contributed by atoms with Crippen LogP contribution >= 0.6 is 0 Å². The number of benzene rings is 2. The number of rotatable bonds is 6. The topological polar surface area (TPSA) is 133 Å². The van der Waals surface area contributed by atoms with Gasteiger partial charge in [0.05, 0.1) is 11.1 Å². The van der Waals surface area contributed by atoms with Crippen molar-refractivity contribution in [2.45, 2.75) is 39.5 Å². The van der Waals surface area contributed by atoms with E-state index < -0.39 is 28.5 Å². The van der Waals surface area contributed by atoms with Gasteiger partial charge in [-0.15, -0.1) is 0 Å². The third-order valence-electron chi connectivity index (χ3n) is 7.01. The minimum absolute atomic E-state index is 0.0288. The number of ketones is 3. The molecular formula is C28H28N2O7. The summed E-state index contributed by atoms with van der Waals surface area (Å²) in [5.41, 5.74) is -0.807. The van der Waals surface area contributed by atoms with Crippen LogP contribution in [0.1, 0.15) is 48.7 Å². The maximum Gasteiger partial charge on any atom is 0.228 e. The Morgan fingerprint density at radius 1 is 1.08 bits per heavy atom. The number of para-hydroxylation sites is 1. The second-order valence-electron chi connectivity index (χ2n) is 9.35. The number of hydrogen-bond donors (Lipinski definition) is 3. The molecule has 2 aliphatic rings. The summed E-state index contributed by atoms with van der Waals surface area (Å²) in [6.45, 7) is 5.91. The first-order valence-corrected chi connectivity index (χ1v) is 11.8. The fourth-order valence-corrected chi connectivity index (χ4v) is 4.77. The highest BCUT2D eigenvalue weighted by Gasteiger charge is 2.56. The molecule has 1 aliphatic carbocycles. The summed E-state index contributed by atoms with van der Waals surface area (Å²) in [6.07, 6.45) is 1.27. The molecule has 0 radical (unpaired) electrons. The summed E-state index contributed by atoms with van der Waals surface area (Å²) >= 11 is 0. The number of carbonyl (C=O) groups is 4. The Morgan fingerprint density at radius 2 is 1.73 bits per heavy atom. The van der Waals surface area contributed by atoms with Crippen LogP contribution in [-0.2, 0) is 19.8 Å². The van der Waals surface area contributed by atoms with Crippen molar-refractivity contribution in [2.75, 3.05) is 18.5 Å². The van der Waals surface area contributed by atoms with Crippen LogP contribution in [0.3, 0.4) is 0 Å². The highest BCUT2D eigenvalue weighted by Crippen LogP contribution is 2.57. The van der Waals surface area contributed by atoms with Gasteiger partial charge in [0.1, 0.15) is 34.0 Å². The molecule has 0 unspecified atom stereocenters. The van der Waals surface area contributed by atoms with Gasteiger partial charge >= 0.3 is 0 Å². The number of phenols is 2. The van der Waals surface area contributed by atoms with Crippen LogP contribution in [0.4, 0.5) is 5.69 Å². The average molecular weight is 505 g/mol. The number of fused-ring (bicyclic) bond motifs is 3. The van der Waals surface area contributed by atoms with Gasteiger partial charge in [0.25, 0.3) is 0 Å². The van der Waals surface area contributed by atoms with Gasteiger partial charge in [0, 0.05) is 43.0 Å². The van der Waals surface area contributed by atoms with Crippen LogP contribution in [-0.4, -0.2) is 47.1 Å². The number of hydrogen-bond acceptors (Lipinski definition) is 8. The van der Waals surface area contributed by atoms with Crippen molar-refractivity contribution in [3.05, 3.63) is 70.1 Å². The van der Waals surface area contributed by atoms with Crippen LogP contribution in [0, 0.1) is 6.92 Å². The molecule has 0 spiro atoms. The predicted molar refractivity (Wildman–Crippen MR) is 136 cm³/mol. The summed E-state index contributed by atoms with van der Waals surface area (Å²) in [5.74, 6) is -2.89. The number of allylic oxidation sites excluding steroid dienone is 4. The second kappa shape index (κ2) is 9.24. The minimum atomic E-state index is -1.59. The van der Waals surface area contributed by atoms with Crippen LogP contribution in [0.2, 0.25) is 0 Å². The Labute approximate surface area is 214 Å². The van der Waals surface area contributed by atoms with Crippen molar-refractivity contribution in [3.8, 4) is 17.2 Å². The molecule has 0 aromatic heterocycles. The number of nitrogens with zero attached hydrogens (tertiary/aromatic N) is 1. The van der Waals surface area contributed by atoms with Crippen molar-refractivity contribution in [2.24, 2.45) is 0 Å². The molecule has 9 heteroatoms. The largest absolute Gasteiger partial charge is 0.507 e. The first kappa shape index (κ1) is 25.7. The lowest BCUT2D eigenvalue weighted by Crippen LogP contribution is -2.41. The molecule has 0 fully saturated rings. The van der Waals surface area contributed by atoms with Gasteiger partial charge in [-0.05, 0) is 39.8 Å². The number of ether oxygens (including phenoxy) is 1. The van der Waals surface area contributed by atoms with Gasteiger partial charge in [-0.1, -0.05) is 18.2 Å². The molecule has 9 nitrogen and oxygen atoms in total. The lowest BCUT2D eigenvalue weighted by Gasteiger charge is -2.29. The van der Waals surface area contributed by atoms with Gasteiger partial charge in [-0.25, -0.2) is 0 Å². The van der Waals surface area contributed by atoms with Crippen LogP contribution in [0.5, 0.6) is 17.2 Å². The molecule has 1 aliphatic heterocycles. The van der Waals surface area contributed by atoms with Crippen LogP contribution in [0.15, 0.2) is 53.4 Å². The molecule has 0 bridgehead atoms. The molecular weight excluding hydrogens is 476 g/mol. The summed E-state index contributed by atoms with van der Waals surface area (Å²) < 4.78 is 5.76. The zero-order valence-corrected chi connectivity index (χ0v) is 21.3. The Kier molecular flexibility index (Phi) is 6.41. The van der Waals surface area contributed by atoms with Gasteiger partial charge in [0.2, 0.25) is 5.91 Å². The van der Waals surface area contributed by atoms with Gasteiger partial charge in [-0.2, -0.15) is 0 Å². The number of carbonyl (C=O) groups excluding carboxylic acids is 4. The van der Waals surface area contributed by atoms with Crippen molar-refractivity contribution in [1.29, 1.82) is 0 Å². The number of nitrogens with one attached hydrogen (secondary N) is 1. The van der Waals surface area contributed by atoms with E-state index in [-0.39, 0.29) is 64.1 Å². The zero-order valence-electron chi connectivity index (χ0n) is 21.3. The number of anilines is 1. The molecule has 0 saturated carbocycles. The molecule has 1 atom stereocenters. The predicted octanol–water partition coefficient (Wildman–Crippen LogP) is 3.21. The van der Waals surface area contributed by atoms with E-state index in [1.807, 2.05) is 30.3 Å². The first-order valence-electron chi connectivity index (χ1n) is 11.8. The standard InChI is InChI=1S/C28H28N2O7/c1-14-24(34)22(16(3)31)26-23(25(14)35)28(4)19(37-26)13-18(32)21(27(28)36)15(2)29-12-11-20(33)30(5)17-9-7-6-8-10-17/h6-10,13,29,34-35H,11-12H2,1-5H3/b21-15+/t28-/m0/s1. The number of phenolic OH excluding ortho intramolecular Hbond substituents is 2.